The predicted octanol–water partition coefficient (Wildman–Crippen LogP) is 1.43. The zero-order chi connectivity index (χ0) is 15.8. The lowest BCUT2D eigenvalue weighted by Crippen LogP contribution is -2.40. The fourth-order valence-electron chi connectivity index (χ4n) is 2.62. The van der Waals surface area contributed by atoms with E-state index in [0.29, 0.717) is 18.6 Å². The van der Waals surface area contributed by atoms with E-state index >= 15 is 0 Å². The monoisotopic (exact) mass is 328 g/mol. The van der Waals surface area contributed by atoms with Gasteiger partial charge in [0.05, 0.1) is 17.0 Å². The molecule has 1 heterocycles. The molecule has 1 saturated heterocycles. The van der Waals surface area contributed by atoms with Gasteiger partial charge in [0, 0.05) is 19.2 Å². The van der Waals surface area contributed by atoms with Crippen LogP contribution in [0, 0.1) is 6.92 Å². The van der Waals surface area contributed by atoms with Gasteiger partial charge in [0.2, 0.25) is 10.0 Å². The highest BCUT2D eigenvalue weighted by atomic mass is 32.2. The van der Waals surface area contributed by atoms with Crippen molar-refractivity contribution in [2.75, 3.05) is 13.7 Å². The molecule has 0 radical (unpaired) electrons. The number of nitrogens with zero attached hydrogens (tertiary/aromatic N) is 1. The Morgan fingerprint density at radius 2 is 2.14 bits per heavy atom. The number of thiocarbonyl (C=S) groups is 1. The minimum absolute atomic E-state index is 0.0956. The number of benzene rings is 1. The van der Waals surface area contributed by atoms with Crippen LogP contribution in [0.4, 0.5) is 0 Å². The van der Waals surface area contributed by atoms with Gasteiger partial charge in [-0.2, -0.15) is 4.31 Å². The van der Waals surface area contributed by atoms with E-state index in [0.717, 1.165) is 5.56 Å². The molecule has 1 aliphatic rings. The van der Waals surface area contributed by atoms with E-state index in [1.807, 2.05) is 6.92 Å². The molecule has 0 bridgehead atoms. The molecule has 7 heteroatoms. The van der Waals surface area contributed by atoms with Gasteiger partial charge >= 0.3 is 0 Å². The van der Waals surface area contributed by atoms with Crippen LogP contribution in [-0.4, -0.2) is 43.5 Å². The fourth-order valence-corrected chi connectivity index (χ4v) is 4.38. The molecule has 21 heavy (non-hydrogen) atoms. The highest BCUT2D eigenvalue weighted by molar-refractivity contribution is 7.89. The van der Waals surface area contributed by atoms with Gasteiger partial charge in [-0.1, -0.05) is 18.3 Å². The molecule has 116 valence electrons. The maximum absolute atomic E-state index is 12.7. The van der Waals surface area contributed by atoms with Crippen molar-refractivity contribution in [3.8, 4) is 0 Å². The van der Waals surface area contributed by atoms with Crippen LogP contribution in [0.3, 0.4) is 0 Å². The number of aryl methyl sites for hydroxylation is 1. The average molecular weight is 328 g/mol. The summed E-state index contributed by atoms with van der Waals surface area (Å²) in [4.78, 5) is 0.518. The Balaban J connectivity index is 2.35. The first-order valence-electron chi connectivity index (χ1n) is 6.75. The van der Waals surface area contributed by atoms with Crippen LogP contribution >= 0.6 is 12.2 Å². The molecule has 2 rings (SSSR count). The molecule has 0 saturated carbocycles. The van der Waals surface area contributed by atoms with Crippen LogP contribution in [0.25, 0.3) is 0 Å². The molecule has 0 spiro atoms. The number of hydrogen-bond donors (Lipinski definition) is 1. The van der Waals surface area contributed by atoms with Crippen molar-refractivity contribution in [3.05, 3.63) is 29.3 Å². The molecule has 0 aromatic heterocycles. The third kappa shape index (κ3) is 3.11. The number of rotatable bonds is 4. The Kier molecular flexibility index (Phi) is 4.67. The summed E-state index contributed by atoms with van der Waals surface area (Å²) >= 11 is 4.94. The first-order valence-corrected chi connectivity index (χ1v) is 8.60. The van der Waals surface area contributed by atoms with Crippen molar-refractivity contribution in [1.29, 1.82) is 0 Å². The summed E-state index contributed by atoms with van der Waals surface area (Å²) in [5.74, 6) is 0. The van der Waals surface area contributed by atoms with Crippen molar-refractivity contribution < 1.29 is 13.2 Å². The van der Waals surface area contributed by atoms with E-state index in [4.69, 9.17) is 22.7 Å². The normalized spacial score (nSPS) is 22.7. The molecular weight excluding hydrogens is 308 g/mol. The van der Waals surface area contributed by atoms with E-state index < -0.39 is 10.0 Å². The van der Waals surface area contributed by atoms with Crippen LogP contribution in [0.15, 0.2) is 23.1 Å². The van der Waals surface area contributed by atoms with Crippen LogP contribution in [0.5, 0.6) is 0 Å². The third-order valence-electron chi connectivity index (χ3n) is 3.94. The van der Waals surface area contributed by atoms with Crippen molar-refractivity contribution in [2.45, 2.75) is 37.3 Å². The Morgan fingerprint density at radius 3 is 2.62 bits per heavy atom. The highest BCUT2D eigenvalue weighted by Gasteiger charge is 2.35. The van der Waals surface area contributed by atoms with Gasteiger partial charge in [-0.15, -0.1) is 0 Å². The van der Waals surface area contributed by atoms with Gasteiger partial charge < -0.3 is 10.5 Å². The molecule has 1 aromatic rings. The highest BCUT2D eigenvalue weighted by Crippen LogP contribution is 2.25. The summed E-state index contributed by atoms with van der Waals surface area (Å²) in [6, 6.07) is 4.69. The van der Waals surface area contributed by atoms with E-state index in [1.54, 1.807) is 32.2 Å². The maximum atomic E-state index is 12.7. The van der Waals surface area contributed by atoms with Crippen LogP contribution < -0.4 is 5.73 Å². The van der Waals surface area contributed by atoms with Crippen molar-refractivity contribution >= 4 is 27.2 Å². The zero-order valence-electron chi connectivity index (χ0n) is 12.4. The third-order valence-corrected chi connectivity index (χ3v) is 6.04. The molecule has 5 nitrogen and oxygen atoms in total. The number of hydrogen-bond acceptors (Lipinski definition) is 4. The SMILES string of the molecule is Cc1cc(S(=O)(=O)N(C)C2CCOC2C)ccc1C(N)=S. The molecular formula is C14H20N2O3S2. The fraction of sp³-hybridized carbons (Fsp3) is 0.500. The van der Waals surface area contributed by atoms with Crippen LogP contribution in [-0.2, 0) is 14.8 Å². The van der Waals surface area contributed by atoms with Gasteiger partial charge in [0.15, 0.2) is 0 Å². The van der Waals surface area contributed by atoms with Gasteiger partial charge in [-0.05, 0) is 38.0 Å². The quantitative estimate of drug-likeness (QED) is 0.847. The van der Waals surface area contributed by atoms with Gasteiger partial charge in [-0.25, -0.2) is 8.42 Å². The lowest BCUT2D eigenvalue weighted by Gasteiger charge is -2.26. The topological polar surface area (TPSA) is 72.6 Å². The average Bonchev–Trinajstić information content (AvgIpc) is 2.83. The van der Waals surface area contributed by atoms with E-state index in [9.17, 15) is 8.42 Å². The molecule has 1 fully saturated rings. The molecule has 0 amide bonds. The Hall–Kier alpha value is -1.02. The predicted molar refractivity (Wildman–Crippen MR) is 85.8 cm³/mol. The lowest BCUT2D eigenvalue weighted by molar-refractivity contribution is 0.102. The largest absolute Gasteiger partial charge is 0.389 e. The minimum atomic E-state index is -3.55. The number of nitrogens with two attached hydrogens (primary N) is 1. The second kappa shape index (κ2) is 6.00. The first kappa shape index (κ1) is 16.4. The maximum Gasteiger partial charge on any atom is 0.243 e. The molecule has 2 unspecified atom stereocenters. The molecule has 2 N–H and O–H groups in total. The number of likely N-dealkylation sites (N-methyl/N-ethyl adjacent to an activating group) is 1. The van der Waals surface area contributed by atoms with Crippen molar-refractivity contribution in [1.82, 2.24) is 4.31 Å². The second-order valence-corrected chi connectivity index (χ2v) is 7.73. The van der Waals surface area contributed by atoms with Crippen LogP contribution in [0.1, 0.15) is 24.5 Å². The smallest absolute Gasteiger partial charge is 0.243 e. The summed E-state index contributed by atoms with van der Waals surface area (Å²) in [6.45, 7) is 4.28. The van der Waals surface area contributed by atoms with Crippen molar-refractivity contribution in [3.63, 3.8) is 0 Å². The number of sulfonamides is 1. The van der Waals surface area contributed by atoms with Gasteiger partial charge in [0.1, 0.15) is 4.99 Å². The lowest BCUT2D eigenvalue weighted by atomic mass is 10.1. The van der Waals surface area contributed by atoms with Crippen LogP contribution in [0.2, 0.25) is 0 Å². The summed E-state index contributed by atoms with van der Waals surface area (Å²) in [5, 5.41) is 0. The second-order valence-electron chi connectivity index (χ2n) is 5.29. The molecule has 0 aliphatic carbocycles. The summed E-state index contributed by atoms with van der Waals surface area (Å²) in [5.41, 5.74) is 7.06. The number of ether oxygens (including phenoxy) is 1. The summed E-state index contributed by atoms with van der Waals surface area (Å²) in [6.07, 6.45) is 0.614. The molecule has 1 aliphatic heterocycles. The summed E-state index contributed by atoms with van der Waals surface area (Å²) in [7, 11) is -1.95. The van der Waals surface area contributed by atoms with Crippen molar-refractivity contribution in [2.24, 2.45) is 5.73 Å². The summed E-state index contributed by atoms with van der Waals surface area (Å²) < 4.78 is 32.3. The minimum Gasteiger partial charge on any atom is -0.389 e. The first-order chi connectivity index (χ1) is 9.75. The van der Waals surface area contributed by atoms with Gasteiger partial charge in [0.25, 0.3) is 0 Å². The van der Waals surface area contributed by atoms with Gasteiger partial charge in [-0.3, -0.25) is 0 Å². The van der Waals surface area contributed by atoms with E-state index in [2.05, 4.69) is 0 Å². The Labute approximate surface area is 131 Å². The Morgan fingerprint density at radius 1 is 1.48 bits per heavy atom. The standard InChI is InChI=1S/C14H20N2O3S2/c1-9-8-11(4-5-12(9)14(15)20)21(17,18)16(3)13-6-7-19-10(13)2/h4-5,8,10,13H,6-7H2,1-3H3,(H2,15,20). The zero-order valence-corrected chi connectivity index (χ0v) is 14.0. The molecule has 1 aromatic carbocycles. The Bertz CT molecular complexity index is 658. The van der Waals surface area contributed by atoms with E-state index in [1.165, 1.54) is 4.31 Å². The molecule has 2 atom stereocenters. The van der Waals surface area contributed by atoms with E-state index in [-0.39, 0.29) is 22.0 Å².